The first-order valence-electron chi connectivity index (χ1n) is 6.78. The van der Waals surface area contributed by atoms with Gasteiger partial charge in [0.05, 0.1) is 0 Å². The average molecular weight is 229 g/mol. The predicted molar refractivity (Wildman–Crippen MR) is 73.1 cm³/mol. The second-order valence-electron chi connectivity index (χ2n) is 4.75. The number of rotatable bonds is 11. The van der Waals surface area contributed by atoms with Crippen LogP contribution in [0.2, 0.25) is 0 Å². The fourth-order valence-electron chi connectivity index (χ4n) is 1.85. The van der Waals surface area contributed by atoms with Crippen LogP contribution in [0.15, 0.2) is 0 Å². The number of nitrogens with zero attached hydrogens (tertiary/aromatic N) is 2. The highest BCUT2D eigenvalue weighted by atomic mass is 15.1. The van der Waals surface area contributed by atoms with E-state index in [1.807, 2.05) is 0 Å². The molecule has 0 aliphatic heterocycles. The highest BCUT2D eigenvalue weighted by molar-refractivity contribution is 4.59. The summed E-state index contributed by atoms with van der Waals surface area (Å²) in [6, 6.07) is 0. The van der Waals surface area contributed by atoms with E-state index < -0.39 is 0 Å². The molecule has 0 spiro atoms. The molecule has 0 rings (SSSR count). The molecule has 0 amide bonds. The van der Waals surface area contributed by atoms with Crippen LogP contribution in [0.4, 0.5) is 0 Å². The Morgan fingerprint density at radius 3 is 1.94 bits per heavy atom. The van der Waals surface area contributed by atoms with Crippen molar-refractivity contribution in [3.8, 4) is 0 Å². The first kappa shape index (κ1) is 15.9. The molecule has 0 fully saturated rings. The fraction of sp³-hybridized carbons (Fsp3) is 1.00. The summed E-state index contributed by atoms with van der Waals surface area (Å²) in [7, 11) is 4.26. The van der Waals surface area contributed by atoms with E-state index in [0.29, 0.717) is 0 Å². The van der Waals surface area contributed by atoms with E-state index >= 15 is 0 Å². The Kier molecular flexibility index (Phi) is 11.3. The Hall–Kier alpha value is -0.120. The van der Waals surface area contributed by atoms with Gasteiger partial charge in [0.25, 0.3) is 0 Å². The third-order valence-electron chi connectivity index (χ3n) is 2.64. The lowest BCUT2D eigenvalue weighted by molar-refractivity contribution is 0.273. The van der Waals surface area contributed by atoms with Gasteiger partial charge in [-0.05, 0) is 59.5 Å². The molecule has 1 N–H and O–H groups in total. The zero-order valence-electron chi connectivity index (χ0n) is 11.8. The zero-order valence-corrected chi connectivity index (χ0v) is 11.8. The quantitative estimate of drug-likeness (QED) is 0.544. The van der Waals surface area contributed by atoms with Crippen LogP contribution < -0.4 is 5.32 Å². The third-order valence-corrected chi connectivity index (χ3v) is 2.64. The lowest BCUT2D eigenvalue weighted by Gasteiger charge is -2.21. The Balaban J connectivity index is 3.32. The topological polar surface area (TPSA) is 18.5 Å². The van der Waals surface area contributed by atoms with Gasteiger partial charge in [-0.3, -0.25) is 0 Å². The van der Waals surface area contributed by atoms with E-state index in [-0.39, 0.29) is 0 Å². The van der Waals surface area contributed by atoms with Gasteiger partial charge < -0.3 is 15.1 Å². The molecule has 0 bridgehead atoms. The summed E-state index contributed by atoms with van der Waals surface area (Å²) < 4.78 is 0. The van der Waals surface area contributed by atoms with Crippen molar-refractivity contribution in [1.29, 1.82) is 0 Å². The van der Waals surface area contributed by atoms with Crippen molar-refractivity contribution in [3.05, 3.63) is 0 Å². The standard InChI is InChI=1S/C13H31N3/c1-5-10-16(11-6-2)13-9-14-8-7-12-15(3)4/h14H,5-13H2,1-4H3. The molecular weight excluding hydrogens is 198 g/mol. The van der Waals surface area contributed by atoms with Crippen LogP contribution in [0.5, 0.6) is 0 Å². The molecule has 0 aliphatic carbocycles. The zero-order chi connectivity index (χ0) is 12.2. The Labute approximate surface area is 102 Å². The molecule has 0 aromatic heterocycles. The Morgan fingerprint density at radius 2 is 1.44 bits per heavy atom. The van der Waals surface area contributed by atoms with Crippen LogP contribution >= 0.6 is 0 Å². The van der Waals surface area contributed by atoms with E-state index in [1.165, 1.54) is 45.4 Å². The molecule has 3 heteroatoms. The van der Waals surface area contributed by atoms with E-state index in [1.54, 1.807) is 0 Å². The van der Waals surface area contributed by atoms with Crippen LogP contribution in [-0.4, -0.2) is 63.2 Å². The van der Waals surface area contributed by atoms with Crippen molar-refractivity contribution in [2.75, 3.05) is 53.4 Å². The number of nitrogens with one attached hydrogen (secondary N) is 1. The monoisotopic (exact) mass is 229 g/mol. The maximum atomic E-state index is 3.52. The summed E-state index contributed by atoms with van der Waals surface area (Å²) in [5, 5.41) is 3.52. The number of hydrogen-bond donors (Lipinski definition) is 1. The van der Waals surface area contributed by atoms with Crippen molar-refractivity contribution in [2.24, 2.45) is 0 Å². The molecule has 0 saturated heterocycles. The summed E-state index contributed by atoms with van der Waals surface area (Å²) >= 11 is 0. The van der Waals surface area contributed by atoms with Gasteiger partial charge in [0.2, 0.25) is 0 Å². The highest BCUT2D eigenvalue weighted by Crippen LogP contribution is 1.92. The van der Waals surface area contributed by atoms with Crippen molar-refractivity contribution in [3.63, 3.8) is 0 Å². The molecule has 3 nitrogen and oxygen atoms in total. The molecule has 98 valence electrons. The van der Waals surface area contributed by atoms with Gasteiger partial charge in [-0.25, -0.2) is 0 Å². The maximum Gasteiger partial charge on any atom is 0.0107 e. The molecular formula is C13H31N3. The SMILES string of the molecule is CCCN(CCC)CCNCCCN(C)C. The summed E-state index contributed by atoms with van der Waals surface area (Å²) in [5.41, 5.74) is 0. The summed E-state index contributed by atoms with van der Waals surface area (Å²) in [5.74, 6) is 0. The van der Waals surface area contributed by atoms with Gasteiger partial charge in [-0.15, -0.1) is 0 Å². The predicted octanol–water partition coefficient (Wildman–Crippen LogP) is 1.65. The van der Waals surface area contributed by atoms with E-state index in [0.717, 1.165) is 13.1 Å². The van der Waals surface area contributed by atoms with Gasteiger partial charge in [-0.1, -0.05) is 13.8 Å². The van der Waals surface area contributed by atoms with Gasteiger partial charge in [-0.2, -0.15) is 0 Å². The Bertz CT molecular complexity index is 131. The summed E-state index contributed by atoms with van der Waals surface area (Å²) in [6.45, 7) is 11.7. The van der Waals surface area contributed by atoms with Crippen molar-refractivity contribution in [2.45, 2.75) is 33.1 Å². The van der Waals surface area contributed by atoms with Crippen LogP contribution in [-0.2, 0) is 0 Å². The summed E-state index contributed by atoms with van der Waals surface area (Å²) in [4.78, 5) is 4.79. The lowest BCUT2D eigenvalue weighted by Crippen LogP contribution is -2.34. The smallest absolute Gasteiger partial charge is 0.0107 e. The van der Waals surface area contributed by atoms with Crippen LogP contribution in [0.1, 0.15) is 33.1 Å². The molecule has 0 aliphatic rings. The van der Waals surface area contributed by atoms with Crippen molar-refractivity contribution >= 4 is 0 Å². The van der Waals surface area contributed by atoms with E-state index in [2.05, 4.69) is 43.1 Å². The molecule has 0 radical (unpaired) electrons. The minimum atomic E-state index is 1.13. The molecule has 0 heterocycles. The van der Waals surface area contributed by atoms with Crippen molar-refractivity contribution < 1.29 is 0 Å². The second-order valence-corrected chi connectivity index (χ2v) is 4.75. The van der Waals surface area contributed by atoms with Gasteiger partial charge in [0.1, 0.15) is 0 Å². The van der Waals surface area contributed by atoms with Crippen LogP contribution in [0.25, 0.3) is 0 Å². The average Bonchev–Trinajstić information content (AvgIpc) is 2.23. The molecule has 0 saturated carbocycles. The lowest BCUT2D eigenvalue weighted by atomic mass is 10.3. The second kappa shape index (κ2) is 11.4. The third kappa shape index (κ3) is 10.4. The van der Waals surface area contributed by atoms with Crippen LogP contribution in [0.3, 0.4) is 0 Å². The maximum absolute atomic E-state index is 3.52. The van der Waals surface area contributed by atoms with E-state index in [4.69, 9.17) is 0 Å². The van der Waals surface area contributed by atoms with Gasteiger partial charge in [0.15, 0.2) is 0 Å². The Morgan fingerprint density at radius 1 is 0.812 bits per heavy atom. The molecule has 0 aromatic rings. The van der Waals surface area contributed by atoms with E-state index in [9.17, 15) is 0 Å². The molecule has 16 heavy (non-hydrogen) atoms. The van der Waals surface area contributed by atoms with Gasteiger partial charge in [0, 0.05) is 13.1 Å². The molecule has 0 aromatic carbocycles. The normalized spacial score (nSPS) is 11.6. The van der Waals surface area contributed by atoms with Gasteiger partial charge >= 0.3 is 0 Å². The summed E-state index contributed by atoms with van der Waals surface area (Å²) in [6.07, 6.45) is 3.77. The van der Waals surface area contributed by atoms with Crippen LogP contribution in [0, 0.1) is 0 Å². The van der Waals surface area contributed by atoms with Crippen molar-refractivity contribution in [1.82, 2.24) is 15.1 Å². The first-order valence-corrected chi connectivity index (χ1v) is 6.78. The number of hydrogen-bond acceptors (Lipinski definition) is 3. The largest absolute Gasteiger partial charge is 0.315 e. The fourth-order valence-corrected chi connectivity index (χ4v) is 1.85. The highest BCUT2D eigenvalue weighted by Gasteiger charge is 2.00. The minimum absolute atomic E-state index is 1.13. The minimum Gasteiger partial charge on any atom is -0.315 e. The molecule has 0 atom stereocenters. The molecule has 0 unspecified atom stereocenters. The first-order chi connectivity index (χ1) is 7.70.